The number of sulfonamides is 1. The minimum absolute atomic E-state index is 0.191. The number of benzene rings is 2. The van der Waals surface area contributed by atoms with Gasteiger partial charge in [0.15, 0.2) is 0 Å². The number of hydrogen-bond acceptors (Lipinski definition) is 4. The SMILES string of the molecule is CS(=O)(=O)N1CCc2cc(C(=O)N(Cc3ccccn3)c3ccc(Cl)cc3)ccc21. The molecule has 2 aromatic carbocycles. The number of halogens is 1. The van der Waals surface area contributed by atoms with Gasteiger partial charge in [-0.25, -0.2) is 8.42 Å². The quantitative estimate of drug-likeness (QED) is 0.602. The first kappa shape index (κ1) is 20.4. The van der Waals surface area contributed by atoms with Crippen molar-refractivity contribution in [3.8, 4) is 0 Å². The van der Waals surface area contributed by atoms with Crippen LogP contribution in [0.4, 0.5) is 11.4 Å². The maximum atomic E-state index is 13.4. The molecule has 0 bridgehead atoms. The van der Waals surface area contributed by atoms with E-state index in [-0.39, 0.29) is 5.91 Å². The molecule has 8 heteroatoms. The number of hydrogen-bond donors (Lipinski definition) is 0. The Hall–Kier alpha value is -2.90. The third-order valence-electron chi connectivity index (χ3n) is 5.01. The smallest absolute Gasteiger partial charge is 0.258 e. The number of nitrogens with zero attached hydrogens (tertiary/aromatic N) is 3. The van der Waals surface area contributed by atoms with E-state index in [9.17, 15) is 13.2 Å². The van der Waals surface area contributed by atoms with Crippen LogP contribution in [-0.2, 0) is 23.0 Å². The second kappa shape index (κ2) is 8.08. The summed E-state index contributed by atoms with van der Waals surface area (Å²) in [6, 6.07) is 17.8. The van der Waals surface area contributed by atoms with Crippen LogP contribution in [0.2, 0.25) is 5.02 Å². The van der Waals surface area contributed by atoms with E-state index in [4.69, 9.17) is 11.6 Å². The molecule has 1 amide bonds. The van der Waals surface area contributed by atoms with Crippen LogP contribution >= 0.6 is 11.6 Å². The highest BCUT2D eigenvalue weighted by Gasteiger charge is 2.28. The van der Waals surface area contributed by atoms with Gasteiger partial charge in [-0.15, -0.1) is 0 Å². The molecule has 3 aromatic rings. The van der Waals surface area contributed by atoms with Gasteiger partial charge in [0.1, 0.15) is 0 Å². The molecule has 0 spiro atoms. The maximum Gasteiger partial charge on any atom is 0.258 e. The number of carbonyl (C=O) groups is 1. The van der Waals surface area contributed by atoms with Gasteiger partial charge in [-0.2, -0.15) is 0 Å². The Morgan fingerprint density at radius 3 is 2.57 bits per heavy atom. The predicted molar refractivity (Wildman–Crippen MR) is 119 cm³/mol. The van der Waals surface area contributed by atoms with Crippen LogP contribution < -0.4 is 9.21 Å². The third kappa shape index (κ3) is 4.17. The Balaban J connectivity index is 1.69. The van der Waals surface area contributed by atoms with Crippen LogP contribution in [-0.4, -0.2) is 32.1 Å². The summed E-state index contributed by atoms with van der Waals surface area (Å²) in [6.07, 6.45) is 3.45. The Bertz CT molecular complexity index is 1180. The Morgan fingerprint density at radius 1 is 1.13 bits per heavy atom. The number of carbonyl (C=O) groups excluding carboxylic acids is 1. The molecule has 30 heavy (non-hydrogen) atoms. The highest BCUT2D eigenvalue weighted by atomic mass is 35.5. The molecule has 4 rings (SSSR count). The zero-order valence-electron chi connectivity index (χ0n) is 16.3. The summed E-state index contributed by atoms with van der Waals surface area (Å²) in [6.45, 7) is 0.689. The lowest BCUT2D eigenvalue weighted by Gasteiger charge is -2.23. The highest BCUT2D eigenvalue weighted by molar-refractivity contribution is 7.92. The highest BCUT2D eigenvalue weighted by Crippen LogP contribution is 2.31. The maximum absolute atomic E-state index is 13.4. The molecule has 0 saturated carbocycles. The number of rotatable bonds is 5. The minimum atomic E-state index is -3.34. The van der Waals surface area contributed by atoms with E-state index in [1.54, 1.807) is 53.6 Å². The third-order valence-corrected chi connectivity index (χ3v) is 6.44. The second-order valence-electron chi connectivity index (χ2n) is 7.12. The first-order chi connectivity index (χ1) is 14.3. The minimum Gasteiger partial charge on any atom is -0.302 e. The summed E-state index contributed by atoms with van der Waals surface area (Å²) in [4.78, 5) is 19.4. The summed E-state index contributed by atoms with van der Waals surface area (Å²) in [5.74, 6) is -0.191. The molecule has 0 atom stereocenters. The molecule has 0 N–H and O–H groups in total. The van der Waals surface area contributed by atoms with Crippen LogP contribution in [0.5, 0.6) is 0 Å². The van der Waals surface area contributed by atoms with Crippen LogP contribution in [0, 0.1) is 0 Å². The van der Waals surface area contributed by atoms with Crippen molar-refractivity contribution in [1.29, 1.82) is 0 Å². The van der Waals surface area contributed by atoms with Gasteiger partial charge in [-0.1, -0.05) is 17.7 Å². The largest absolute Gasteiger partial charge is 0.302 e. The van der Waals surface area contributed by atoms with Crippen molar-refractivity contribution < 1.29 is 13.2 Å². The van der Waals surface area contributed by atoms with E-state index in [1.165, 1.54) is 10.6 Å². The van der Waals surface area contributed by atoms with Crippen molar-refractivity contribution in [3.63, 3.8) is 0 Å². The average Bonchev–Trinajstić information content (AvgIpc) is 3.17. The Kier molecular flexibility index (Phi) is 5.49. The summed E-state index contributed by atoms with van der Waals surface area (Å²) in [5.41, 5.74) is 3.44. The molecule has 154 valence electrons. The van der Waals surface area contributed by atoms with Gasteiger partial charge in [0.05, 0.1) is 24.2 Å². The van der Waals surface area contributed by atoms with E-state index in [1.807, 2.05) is 18.2 Å². The van der Waals surface area contributed by atoms with E-state index in [2.05, 4.69) is 4.98 Å². The van der Waals surface area contributed by atoms with E-state index in [0.717, 1.165) is 11.3 Å². The molecule has 1 aliphatic heterocycles. The average molecular weight is 442 g/mol. The molecular weight excluding hydrogens is 422 g/mol. The molecule has 1 aromatic heterocycles. The normalized spacial score (nSPS) is 13.2. The molecular formula is C22H20ClN3O3S. The number of aromatic nitrogens is 1. The van der Waals surface area contributed by atoms with Gasteiger partial charge in [-0.05, 0) is 66.6 Å². The number of amides is 1. The fourth-order valence-electron chi connectivity index (χ4n) is 3.56. The summed E-state index contributed by atoms with van der Waals surface area (Å²) in [5, 5.41) is 0.586. The molecule has 2 heterocycles. The van der Waals surface area contributed by atoms with Crippen molar-refractivity contribution in [1.82, 2.24) is 4.98 Å². The molecule has 0 saturated heterocycles. The standard InChI is InChI=1S/C22H20ClN3O3S/c1-30(28,29)26-13-11-16-14-17(5-10-21(16)26)22(27)25(15-19-4-2-3-12-24-19)20-8-6-18(23)7-9-20/h2-10,12,14H,11,13,15H2,1H3. The lowest BCUT2D eigenvalue weighted by Crippen LogP contribution is -2.31. The van der Waals surface area contributed by atoms with Crippen LogP contribution in [0.1, 0.15) is 21.6 Å². The molecule has 0 unspecified atom stereocenters. The lowest BCUT2D eigenvalue weighted by atomic mass is 10.1. The van der Waals surface area contributed by atoms with Crippen LogP contribution in [0.15, 0.2) is 66.9 Å². The summed E-state index contributed by atoms with van der Waals surface area (Å²) < 4.78 is 25.3. The topological polar surface area (TPSA) is 70.6 Å². The van der Waals surface area contributed by atoms with E-state index in [0.29, 0.717) is 41.5 Å². The van der Waals surface area contributed by atoms with Gasteiger partial charge in [0.25, 0.3) is 5.91 Å². The Labute approximate surface area is 180 Å². The number of anilines is 2. The fourth-order valence-corrected chi connectivity index (χ4v) is 4.64. The Morgan fingerprint density at radius 2 is 1.90 bits per heavy atom. The first-order valence-corrected chi connectivity index (χ1v) is 11.6. The zero-order chi connectivity index (χ0) is 21.3. The van der Waals surface area contributed by atoms with Crippen molar-refractivity contribution in [2.75, 3.05) is 22.0 Å². The van der Waals surface area contributed by atoms with Gasteiger partial charge in [-0.3, -0.25) is 14.1 Å². The molecule has 0 radical (unpaired) electrons. The van der Waals surface area contributed by atoms with Crippen molar-refractivity contribution >= 4 is 38.9 Å². The van der Waals surface area contributed by atoms with E-state index >= 15 is 0 Å². The number of fused-ring (bicyclic) bond motifs is 1. The van der Waals surface area contributed by atoms with Crippen molar-refractivity contribution in [3.05, 3.63) is 88.7 Å². The van der Waals surface area contributed by atoms with Crippen LogP contribution in [0.3, 0.4) is 0 Å². The van der Waals surface area contributed by atoms with Crippen molar-refractivity contribution in [2.24, 2.45) is 0 Å². The molecule has 6 nitrogen and oxygen atoms in total. The van der Waals surface area contributed by atoms with Crippen molar-refractivity contribution in [2.45, 2.75) is 13.0 Å². The first-order valence-electron chi connectivity index (χ1n) is 9.41. The monoisotopic (exact) mass is 441 g/mol. The van der Waals surface area contributed by atoms with Gasteiger partial charge < -0.3 is 4.90 Å². The predicted octanol–water partition coefficient (Wildman–Crippen LogP) is 3.90. The van der Waals surface area contributed by atoms with E-state index < -0.39 is 10.0 Å². The van der Waals surface area contributed by atoms with Crippen LogP contribution in [0.25, 0.3) is 0 Å². The van der Waals surface area contributed by atoms with Gasteiger partial charge in [0.2, 0.25) is 10.0 Å². The number of pyridine rings is 1. The lowest BCUT2D eigenvalue weighted by molar-refractivity contribution is 0.0984. The summed E-state index contributed by atoms with van der Waals surface area (Å²) in [7, 11) is -3.34. The zero-order valence-corrected chi connectivity index (χ0v) is 17.9. The summed E-state index contributed by atoms with van der Waals surface area (Å²) >= 11 is 6.02. The van der Waals surface area contributed by atoms with Gasteiger partial charge >= 0.3 is 0 Å². The second-order valence-corrected chi connectivity index (χ2v) is 9.46. The molecule has 0 aliphatic carbocycles. The van der Waals surface area contributed by atoms with Gasteiger partial charge in [0, 0.05) is 29.0 Å². The molecule has 0 fully saturated rings. The molecule has 1 aliphatic rings. The fraction of sp³-hybridized carbons (Fsp3) is 0.182.